The van der Waals surface area contributed by atoms with Gasteiger partial charge in [-0.15, -0.1) is 0 Å². The number of nitrogens with zero attached hydrogens (tertiary/aromatic N) is 2. The third-order valence-corrected chi connectivity index (χ3v) is 5.43. The zero-order valence-electron chi connectivity index (χ0n) is 15.3. The number of carbonyl (C=O) groups excluding carboxylic acids is 1. The topological polar surface area (TPSA) is 32.8 Å². The van der Waals surface area contributed by atoms with Crippen LogP contribution in [0.5, 0.6) is 5.75 Å². The largest absolute Gasteiger partial charge is 0.491 e. The summed E-state index contributed by atoms with van der Waals surface area (Å²) in [5.74, 6) is 1.18. The van der Waals surface area contributed by atoms with Crippen molar-refractivity contribution in [2.24, 2.45) is 0 Å². The number of hydrogen-bond donors (Lipinski definition) is 0. The van der Waals surface area contributed by atoms with E-state index >= 15 is 0 Å². The number of carbonyl (C=O) groups is 1. The molecule has 1 aromatic rings. The smallest absolute Gasteiger partial charge is 0.236 e. The van der Waals surface area contributed by atoms with E-state index in [9.17, 15) is 4.79 Å². The Balaban J connectivity index is 1.85. The van der Waals surface area contributed by atoms with Gasteiger partial charge < -0.3 is 9.64 Å². The molecule has 1 saturated carbocycles. The van der Waals surface area contributed by atoms with Crippen LogP contribution in [0.25, 0.3) is 0 Å². The molecule has 0 aromatic heterocycles. The Hall–Kier alpha value is -1.55. The first-order valence-electron chi connectivity index (χ1n) is 9.24. The van der Waals surface area contributed by atoms with Gasteiger partial charge >= 0.3 is 0 Å². The monoisotopic (exact) mass is 330 g/mol. The molecule has 1 aliphatic heterocycles. The normalized spacial score (nSPS) is 21.5. The molecule has 1 aliphatic carbocycles. The van der Waals surface area contributed by atoms with Crippen LogP contribution in [-0.4, -0.2) is 47.5 Å². The number of para-hydroxylation sites is 1. The Kier molecular flexibility index (Phi) is 5.14. The van der Waals surface area contributed by atoms with Crippen LogP contribution in [0.3, 0.4) is 0 Å². The number of likely N-dealkylation sites (N-methyl/N-ethyl adjacent to an activating group) is 1. The summed E-state index contributed by atoms with van der Waals surface area (Å²) in [7, 11) is 1.95. The number of benzene rings is 1. The molecular weight excluding hydrogens is 300 g/mol. The van der Waals surface area contributed by atoms with Crippen molar-refractivity contribution in [3.63, 3.8) is 0 Å². The second-order valence-electron chi connectivity index (χ2n) is 7.67. The Morgan fingerprint density at radius 2 is 1.88 bits per heavy atom. The fourth-order valence-corrected chi connectivity index (χ4v) is 4.20. The summed E-state index contributed by atoms with van der Waals surface area (Å²) in [5, 5.41) is 0. The van der Waals surface area contributed by atoms with E-state index in [1.165, 1.54) is 37.7 Å². The van der Waals surface area contributed by atoms with Crippen LogP contribution in [0, 0.1) is 0 Å². The zero-order chi connectivity index (χ0) is 17.2. The summed E-state index contributed by atoms with van der Waals surface area (Å²) in [4.78, 5) is 16.7. The third-order valence-electron chi connectivity index (χ3n) is 5.43. The molecule has 0 atom stereocenters. The Bertz CT molecular complexity index is 579. The van der Waals surface area contributed by atoms with Gasteiger partial charge in [0, 0.05) is 31.2 Å². The fraction of sp³-hybridized carbons (Fsp3) is 0.650. The Labute approximate surface area is 145 Å². The number of piperazine rings is 1. The molecule has 132 valence electrons. The standard InChI is InChI=1S/C20H30N2O2/c1-16(2)24-18-10-6-5-9-17(18)13-22-14-19(23)21(3)15-20(22)11-7-4-8-12-20/h5-6,9-10,16H,4,7-8,11-15H2,1-3H3. The van der Waals surface area contributed by atoms with Gasteiger partial charge in [0.15, 0.2) is 0 Å². The molecule has 2 fully saturated rings. The summed E-state index contributed by atoms with van der Waals surface area (Å²) in [6, 6.07) is 8.26. The Morgan fingerprint density at radius 3 is 2.58 bits per heavy atom. The second-order valence-corrected chi connectivity index (χ2v) is 7.67. The van der Waals surface area contributed by atoms with Crippen LogP contribution >= 0.6 is 0 Å². The van der Waals surface area contributed by atoms with E-state index in [2.05, 4.69) is 30.9 Å². The van der Waals surface area contributed by atoms with Crippen molar-refractivity contribution in [2.45, 2.75) is 64.1 Å². The van der Waals surface area contributed by atoms with E-state index in [1.54, 1.807) is 0 Å². The van der Waals surface area contributed by atoms with E-state index in [-0.39, 0.29) is 17.6 Å². The SMILES string of the molecule is CC(C)Oc1ccccc1CN1CC(=O)N(C)CC12CCCCC2. The molecule has 1 spiro atoms. The van der Waals surface area contributed by atoms with E-state index in [0.717, 1.165) is 18.8 Å². The first-order valence-corrected chi connectivity index (χ1v) is 9.24. The molecule has 1 amide bonds. The molecule has 0 N–H and O–H groups in total. The molecule has 0 radical (unpaired) electrons. The molecular formula is C20H30N2O2. The first-order chi connectivity index (χ1) is 11.5. The number of ether oxygens (including phenoxy) is 1. The third kappa shape index (κ3) is 3.59. The maximum absolute atomic E-state index is 12.3. The number of rotatable bonds is 4. The molecule has 1 saturated heterocycles. The number of hydrogen-bond acceptors (Lipinski definition) is 3. The minimum atomic E-state index is 0.145. The predicted octanol–water partition coefficient (Wildman–Crippen LogP) is 3.45. The van der Waals surface area contributed by atoms with Crippen molar-refractivity contribution in [3.8, 4) is 5.75 Å². The van der Waals surface area contributed by atoms with Crippen molar-refractivity contribution in [3.05, 3.63) is 29.8 Å². The average molecular weight is 330 g/mol. The van der Waals surface area contributed by atoms with Gasteiger partial charge in [-0.05, 0) is 32.8 Å². The van der Waals surface area contributed by atoms with E-state index < -0.39 is 0 Å². The quantitative estimate of drug-likeness (QED) is 0.848. The van der Waals surface area contributed by atoms with Gasteiger partial charge in [-0.2, -0.15) is 0 Å². The predicted molar refractivity (Wildman–Crippen MR) is 96.1 cm³/mol. The average Bonchev–Trinajstić information content (AvgIpc) is 2.55. The zero-order valence-corrected chi connectivity index (χ0v) is 15.3. The Morgan fingerprint density at radius 1 is 1.17 bits per heavy atom. The maximum atomic E-state index is 12.3. The summed E-state index contributed by atoms with van der Waals surface area (Å²) >= 11 is 0. The van der Waals surface area contributed by atoms with Crippen LogP contribution in [0.1, 0.15) is 51.5 Å². The van der Waals surface area contributed by atoms with Crippen LogP contribution in [0.4, 0.5) is 0 Å². The summed E-state index contributed by atoms with van der Waals surface area (Å²) < 4.78 is 5.99. The van der Waals surface area contributed by atoms with E-state index in [4.69, 9.17) is 4.74 Å². The van der Waals surface area contributed by atoms with Crippen molar-refractivity contribution >= 4 is 5.91 Å². The molecule has 0 bridgehead atoms. The minimum absolute atomic E-state index is 0.145. The summed E-state index contributed by atoms with van der Waals surface area (Å²) in [6.45, 7) is 6.28. The lowest BCUT2D eigenvalue weighted by molar-refractivity contribution is -0.144. The van der Waals surface area contributed by atoms with Gasteiger partial charge in [-0.25, -0.2) is 0 Å². The molecule has 24 heavy (non-hydrogen) atoms. The van der Waals surface area contributed by atoms with Crippen LogP contribution in [-0.2, 0) is 11.3 Å². The van der Waals surface area contributed by atoms with Gasteiger partial charge in [0.25, 0.3) is 0 Å². The van der Waals surface area contributed by atoms with E-state index in [0.29, 0.717) is 6.54 Å². The molecule has 4 nitrogen and oxygen atoms in total. The van der Waals surface area contributed by atoms with Crippen molar-refractivity contribution in [2.75, 3.05) is 20.1 Å². The lowest BCUT2D eigenvalue weighted by Crippen LogP contribution is -2.63. The van der Waals surface area contributed by atoms with Crippen molar-refractivity contribution in [1.29, 1.82) is 0 Å². The van der Waals surface area contributed by atoms with E-state index in [1.807, 2.05) is 24.1 Å². The lowest BCUT2D eigenvalue weighted by Gasteiger charge is -2.51. The van der Waals surface area contributed by atoms with Crippen LogP contribution in [0.2, 0.25) is 0 Å². The molecule has 0 unspecified atom stereocenters. The number of amides is 1. The molecule has 2 aliphatic rings. The van der Waals surface area contributed by atoms with Gasteiger partial charge in [0.2, 0.25) is 5.91 Å². The van der Waals surface area contributed by atoms with Crippen molar-refractivity contribution < 1.29 is 9.53 Å². The molecule has 4 heteroatoms. The molecule has 1 heterocycles. The van der Waals surface area contributed by atoms with Gasteiger partial charge in [-0.3, -0.25) is 9.69 Å². The van der Waals surface area contributed by atoms with Gasteiger partial charge in [-0.1, -0.05) is 37.5 Å². The highest BCUT2D eigenvalue weighted by atomic mass is 16.5. The maximum Gasteiger partial charge on any atom is 0.236 e. The highest BCUT2D eigenvalue weighted by Gasteiger charge is 2.44. The summed E-state index contributed by atoms with van der Waals surface area (Å²) in [5.41, 5.74) is 1.33. The van der Waals surface area contributed by atoms with Crippen molar-refractivity contribution in [1.82, 2.24) is 9.80 Å². The highest BCUT2D eigenvalue weighted by molar-refractivity contribution is 5.79. The highest BCUT2D eigenvalue weighted by Crippen LogP contribution is 2.38. The lowest BCUT2D eigenvalue weighted by atomic mass is 9.78. The first kappa shape index (κ1) is 17.3. The second kappa shape index (κ2) is 7.14. The molecule has 1 aromatic carbocycles. The molecule has 3 rings (SSSR count). The summed E-state index contributed by atoms with van der Waals surface area (Å²) in [6.07, 6.45) is 6.39. The van der Waals surface area contributed by atoms with Crippen LogP contribution in [0.15, 0.2) is 24.3 Å². The minimum Gasteiger partial charge on any atom is -0.491 e. The van der Waals surface area contributed by atoms with Gasteiger partial charge in [0.1, 0.15) is 5.75 Å². The van der Waals surface area contributed by atoms with Gasteiger partial charge in [0.05, 0.1) is 12.6 Å². The van der Waals surface area contributed by atoms with Crippen LogP contribution < -0.4 is 4.74 Å². The fourth-order valence-electron chi connectivity index (χ4n) is 4.20.